The third kappa shape index (κ3) is 5.20. The molecule has 0 saturated carbocycles. The summed E-state index contributed by atoms with van der Waals surface area (Å²) >= 11 is 6.15. The summed E-state index contributed by atoms with van der Waals surface area (Å²) in [5.41, 5.74) is 0.343. The van der Waals surface area contributed by atoms with Crippen LogP contribution in [0.3, 0.4) is 0 Å². The van der Waals surface area contributed by atoms with E-state index in [-0.39, 0.29) is 29.6 Å². The van der Waals surface area contributed by atoms with Crippen LogP contribution in [0.5, 0.6) is 5.75 Å². The number of sulfonamides is 1. The minimum absolute atomic E-state index is 0.0696. The Labute approximate surface area is 191 Å². The van der Waals surface area contributed by atoms with Gasteiger partial charge in [0.1, 0.15) is 5.75 Å². The first-order valence-corrected chi connectivity index (χ1v) is 11.8. The van der Waals surface area contributed by atoms with Crippen LogP contribution in [-0.4, -0.2) is 55.7 Å². The van der Waals surface area contributed by atoms with Crippen molar-refractivity contribution in [3.8, 4) is 5.75 Å². The van der Waals surface area contributed by atoms with E-state index in [4.69, 9.17) is 16.3 Å². The van der Waals surface area contributed by atoms with Crippen LogP contribution in [0.4, 0.5) is 5.69 Å². The average molecular weight is 482 g/mol. The van der Waals surface area contributed by atoms with Gasteiger partial charge in [-0.1, -0.05) is 11.6 Å². The summed E-state index contributed by atoms with van der Waals surface area (Å²) in [7, 11) is -0.669. The molecule has 1 unspecified atom stereocenters. The monoisotopic (exact) mass is 481 g/mol. The highest BCUT2D eigenvalue weighted by atomic mass is 35.5. The van der Waals surface area contributed by atoms with Gasteiger partial charge in [-0.15, -0.1) is 0 Å². The van der Waals surface area contributed by atoms with Crippen LogP contribution in [0.15, 0.2) is 47.4 Å². The van der Waals surface area contributed by atoms with Crippen LogP contribution in [0.2, 0.25) is 5.02 Å². The van der Waals surface area contributed by atoms with E-state index < -0.39 is 20.9 Å². The van der Waals surface area contributed by atoms with E-state index in [1.54, 1.807) is 19.2 Å². The maximum absolute atomic E-state index is 13.0. The summed E-state index contributed by atoms with van der Waals surface area (Å²) in [5.74, 6) is -0.196. The van der Waals surface area contributed by atoms with Crippen molar-refractivity contribution in [3.05, 3.63) is 63.2 Å². The van der Waals surface area contributed by atoms with Gasteiger partial charge in [0.15, 0.2) is 0 Å². The minimum Gasteiger partial charge on any atom is -0.497 e. The molecule has 1 heterocycles. The van der Waals surface area contributed by atoms with Gasteiger partial charge in [0.05, 0.1) is 22.8 Å². The second-order valence-electron chi connectivity index (χ2n) is 7.60. The standard InChI is InChI=1S/C21H24ClN3O6S/c1-23(13-16-12-17(25(27)28)5-10-20(16)22)21(26)15-4-3-11-24(14-15)32(29,30)19-8-6-18(31-2)7-9-19/h5-10,12,15H,3-4,11,13-14H2,1-2H3. The number of nitro groups is 1. The number of benzene rings is 2. The predicted octanol–water partition coefficient (Wildman–Crippen LogP) is 3.32. The number of amides is 1. The second-order valence-corrected chi connectivity index (χ2v) is 9.95. The van der Waals surface area contributed by atoms with Gasteiger partial charge in [0.25, 0.3) is 5.69 Å². The maximum Gasteiger partial charge on any atom is 0.269 e. The van der Waals surface area contributed by atoms with E-state index in [2.05, 4.69) is 0 Å². The zero-order valence-electron chi connectivity index (χ0n) is 17.7. The molecule has 3 rings (SSSR count). The highest BCUT2D eigenvalue weighted by Gasteiger charge is 2.34. The molecule has 9 nitrogen and oxygen atoms in total. The lowest BCUT2D eigenvalue weighted by molar-refractivity contribution is -0.384. The molecule has 172 valence electrons. The zero-order valence-corrected chi connectivity index (χ0v) is 19.3. The Balaban J connectivity index is 1.72. The fourth-order valence-corrected chi connectivity index (χ4v) is 5.40. The van der Waals surface area contributed by atoms with Crippen molar-refractivity contribution in [2.75, 3.05) is 27.2 Å². The fraction of sp³-hybridized carbons (Fsp3) is 0.381. The van der Waals surface area contributed by atoms with Crippen molar-refractivity contribution in [2.45, 2.75) is 24.3 Å². The molecule has 1 amide bonds. The van der Waals surface area contributed by atoms with Crippen molar-refractivity contribution < 1.29 is 22.9 Å². The van der Waals surface area contributed by atoms with E-state index in [1.165, 1.54) is 46.6 Å². The Morgan fingerprint density at radius 2 is 1.97 bits per heavy atom. The van der Waals surface area contributed by atoms with Gasteiger partial charge in [0.2, 0.25) is 15.9 Å². The number of nitro benzene ring substituents is 1. The number of hydrogen-bond acceptors (Lipinski definition) is 6. The smallest absolute Gasteiger partial charge is 0.269 e. The quantitative estimate of drug-likeness (QED) is 0.443. The van der Waals surface area contributed by atoms with E-state index in [1.807, 2.05) is 0 Å². The lowest BCUT2D eigenvalue weighted by Gasteiger charge is -2.33. The van der Waals surface area contributed by atoms with Gasteiger partial charge >= 0.3 is 0 Å². The van der Waals surface area contributed by atoms with Crippen LogP contribution in [0, 0.1) is 16.0 Å². The predicted molar refractivity (Wildman–Crippen MR) is 119 cm³/mol. The first-order chi connectivity index (χ1) is 15.1. The highest BCUT2D eigenvalue weighted by molar-refractivity contribution is 7.89. The molecule has 0 radical (unpaired) electrons. The summed E-state index contributed by atoms with van der Waals surface area (Å²) in [5, 5.41) is 11.3. The first-order valence-electron chi connectivity index (χ1n) is 9.95. The van der Waals surface area contributed by atoms with Crippen LogP contribution in [0.1, 0.15) is 18.4 Å². The summed E-state index contributed by atoms with van der Waals surface area (Å²) in [4.78, 5) is 25.1. The van der Waals surface area contributed by atoms with Gasteiger partial charge in [-0.2, -0.15) is 4.31 Å². The van der Waals surface area contributed by atoms with Crippen LogP contribution >= 0.6 is 11.6 Å². The molecular formula is C21H24ClN3O6S. The van der Waals surface area contributed by atoms with Crippen LogP contribution < -0.4 is 4.74 Å². The normalized spacial score (nSPS) is 17.0. The summed E-state index contributed by atoms with van der Waals surface area (Å²) < 4.78 is 32.5. The van der Waals surface area contributed by atoms with Crippen molar-refractivity contribution >= 4 is 33.2 Å². The summed E-state index contributed by atoms with van der Waals surface area (Å²) in [6.07, 6.45) is 1.11. The first kappa shape index (κ1) is 24.0. The molecule has 1 fully saturated rings. The number of nitrogens with zero attached hydrogens (tertiary/aromatic N) is 3. The molecule has 1 atom stereocenters. The maximum atomic E-state index is 13.0. The molecule has 1 saturated heterocycles. The topological polar surface area (TPSA) is 110 Å². The zero-order chi connectivity index (χ0) is 23.5. The molecule has 1 aliphatic heterocycles. The molecule has 11 heteroatoms. The van der Waals surface area contributed by atoms with E-state index in [0.717, 1.165) is 0 Å². The van der Waals surface area contributed by atoms with Gasteiger partial charge in [0, 0.05) is 43.8 Å². The Morgan fingerprint density at radius 1 is 1.28 bits per heavy atom. The molecule has 2 aromatic rings. The van der Waals surface area contributed by atoms with Crippen LogP contribution in [0.25, 0.3) is 0 Å². The Morgan fingerprint density at radius 3 is 2.59 bits per heavy atom. The largest absolute Gasteiger partial charge is 0.497 e. The molecule has 0 spiro atoms. The Bertz CT molecular complexity index is 1110. The number of halogens is 1. The summed E-state index contributed by atoms with van der Waals surface area (Å²) in [6, 6.07) is 10.2. The number of piperidine rings is 1. The molecule has 1 aliphatic rings. The van der Waals surface area contributed by atoms with Crippen molar-refractivity contribution in [2.24, 2.45) is 5.92 Å². The fourth-order valence-electron chi connectivity index (χ4n) is 3.70. The molecule has 0 aromatic heterocycles. The Hall–Kier alpha value is -2.69. The lowest BCUT2D eigenvalue weighted by Crippen LogP contribution is -2.45. The number of hydrogen-bond donors (Lipinski definition) is 0. The summed E-state index contributed by atoms with van der Waals surface area (Å²) in [6.45, 7) is 0.486. The molecule has 0 N–H and O–H groups in total. The molecular weight excluding hydrogens is 458 g/mol. The number of methoxy groups -OCH3 is 1. The molecule has 2 aromatic carbocycles. The van der Waals surface area contributed by atoms with Gasteiger partial charge in [-0.3, -0.25) is 14.9 Å². The van der Waals surface area contributed by atoms with Gasteiger partial charge in [-0.05, 0) is 48.7 Å². The SMILES string of the molecule is COc1ccc(S(=O)(=O)N2CCCC(C(=O)N(C)Cc3cc([N+](=O)[O-])ccc3Cl)C2)cc1. The number of non-ortho nitro benzene ring substituents is 1. The number of rotatable bonds is 7. The van der Waals surface area contributed by atoms with Crippen molar-refractivity contribution in [1.82, 2.24) is 9.21 Å². The number of carbonyl (C=O) groups excluding carboxylic acids is 1. The Kier molecular flexibility index (Phi) is 7.37. The second kappa shape index (κ2) is 9.85. The van der Waals surface area contributed by atoms with E-state index in [9.17, 15) is 23.3 Å². The number of carbonyl (C=O) groups is 1. The van der Waals surface area contributed by atoms with Gasteiger partial charge < -0.3 is 9.64 Å². The third-order valence-corrected chi connectivity index (χ3v) is 7.70. The lowest BCUT2D eigenvalue weighted by atomic mass is 9.98. The van der Waals surface area contributed by atoms with Crippen LogP contribution in [-0.2, 0) is 21.4 Å². The molecule has 0 aliphatic carbocycles. The third-order valence-electron chi connectivity index (χ3n) is 5.45. The minimum atomic E-state index is -3.75. The molecule has 0 bridgehead atoms. The average Bonchev–Trinajstić information content (AvgIpc) is 2.79. The van der Waals surface area contributed by atoms with Crippen molar-refractivity contribution in [3.63, 3.8) is 0 Å². The van der Waals surface area contributed by atoms with E-state index >= 15 is 0 Å². The molecule has 32 heavy (non-hydrogen) atoms. The highest BCUT2D eigenvalue weighted by Crippen LogP contribution is 2.28. The van der Waals surface area contributed by atoms with Gasteiger partial charge in [-0.25, -0.2) is 8.42 Å². The number of ether oxygens (including phenoxy) is 1. The van der Waals surface area contributed by atoms with E-state index in [0.29, 0.717) is 35.7 Å². The van der Waals surface area contributed by atoms with Crippen molar-refractivity contribution in [1.29, 1.82) is 0 Å².